The van der Waals surface area contributed by atoms with Crippen LogP contribution in [0.4, 0.5) is 4.39 Å². The third kappa shape index (κ3) is 3.38. The predicted molar refractivity (Wildman–Crippen MR) is 82.9 cm³/mol. The largest absolute Gasteiger partial charge is 0.342 e. The van der Waals surface area contributed by atoms with Crippen molar-refractivity contribution in [1.82, 2.24) is 10.2 Å². The van der Waals surface area contributed by atoms with Crippen LogP contribution in [0.15, 0.2) is 24.3 Å². The topological polar surface area (TPSA) is 32.3 Å². The summed E-state index contributed by atoms with van der Waals surface area (Å²) < 4.78 is 13.6. The highest BCUT2D eigenvalue weighted by molar-refractivity contribution is 5.85. The second-order valence-electron chi connectivity index (χ2n) is 6.12. The van der Waals surface area contributed by atoms with Crippen molar-refractivity contribution >= 4 is 18.3 Å². The summed E-state index contributed by atoms with van der Waals surface area (Å²) in [5.74, 6) is 1.02. The number of hydrogen-bond donors (Lipinski definition) is 1. The Morgan fingerprint density at radius 3 is 2.57 bits per heavy atom. The second kappa shape index (κ2) is 6.75. The molecule has 0 saturated carbocycles. The molecular formula is C16H22ClFN2O. The number of nitrogens with one attached hydrogen (secondary N) is 1. The quantitative estimate of drug-likeness (QED) is 0.927. The molecule has 3 atom stereocenters. The molecule has 0 aromatic heterocycles. The minimum absolute atomic E-state index is 0. The van der Waals surface area contributed by atoms with Gasteiger partial charge in [0.2, 0.25) is 5.91 Å². The maximum atomic E-state index is 13.6. The smallest absolute Gasteiger partial charge is 0.225 e. The van der Waals surface area contributed by atoms with Gasteiger partial charge >= 0.3 is 0 Å². The van der Waals surface area contributed by atoms with Gasteiger partial charge in [0.05, 0.1) is 0 Å². The van der Waals surface area contributed by atoms with Crippen molar-refractivity contribution in [1.29, 1.82) is 0 Å². The summed E-state index contributed by atoms with van der Waals surface area (Å²) in [4.78, 5) is 14.4. The Balaban J connectivity index is 0.00000161. The van der Waals surface area contributed by atoms with E-state index < -0.39 is 0 Å². The Kier molecular flexibility index (Phi) is 5.22. The average molecular weight is 313 g/mol. The highest BCUT2D eigenvalue weighted by Crippen LogP contribution is 2.28. The summed E-state index contributed by atoms with van der Waals surface area (Å²) in [5, 5.41) is 3.37. The molecule has 3 rings (SSSR count). The molecule has 1 N–H and O–H groups in total. The molecule has 2 aliphatic rings. The van der Waals surface area contributed by atoms with Crippen LogP contribution in [0.1, 0.15) is 12.5 Å². The number of amides is 1. The van der Waals surface area contributed by atoms with E-state index in [1.807, 2.05) is 17.9 Å². The number of halogens is 2. The molecule has 0 radical (unpaired) electrons. The van der Waals surface area contributed by atoms with Gasteiger partial charge in [-0.3, -0.25) is 4.79 Å². The van der Waals surface area contributed by atoms with Crippen molar-refractivity contribution in [3.05, 3.63) is 35.6 Å². The highest BCUT2D eigenvalue weighted by Gasteiger charge is 2.38. The Bertz CT molecular complexity index is 499. The molecule has 2 heterocycles. The monoisotopic (exact) mass is 312 g/mol. The highest BCUT2D eigenvalue weighted by atomic mass is 35.5. The number of fused-ring (bicyclic) bond motifs is 1. The van der Waals surface area contributed by atoms with Gasteiger partial charge in [-0.25, -0.2) is 4.39 Å². The van der Waals surface area contributed by atoms with Gasteiger partial charge in [0, 0.05) is 32.1 Å². The average Bonchev–Trinajstić information content (AvgIpc) is 3.01. The summed E-state index contributed by atoms with van der Waals surface area (Å²) in [6, 6.07) is 6.72. The fraction of sp³-hybridized carbons (Fsp3) is 0.562. The number of carbonyl (C=O) groups is 1. The number of hydrogen-bond acceptors (Lipinski definition) is 2. The molecule has 2 fully saturated rings. The predicted octanol–water partition coefficient (Wildman–Crippen LogP) is 2.10. The van der Waals surface area contributed by atoms with Crippen LogP contribution in [-0.4, -0.2) is 37.0 Å². The van der Waals surface area contributed by atoms with Crippen LogP contribution in [0.2, 0.25) is 0 Å². The summed E-state index contributed by atoms with van der Waals surface area (Å²) in [6.07, 6.45) is 0.482. The van der Waals surface area contributed by atoms with Crippen molar-refractivity contribution in [2.75, 3.05) is 26.2 Å². The lowest BCUT2D eigenvalue weighted by molar-refractivity contribution is -0.134. The molecule has 0 bridgehead atoms. The Morgan fingerprint density at radius 1 is 1.33 bits per heavy atom. The number of nitrogens with zero attached hydrogens (tertiary/aromatic N) is 1. The van der Waals surface area contributed by atoms with Crippen LogP contribution in [0, 0.1) is 23.6 Å². The van der Waals surface area contributed by atoms with Gasteiger partial charge in [-0.15, -0.1) is 12.4 Å². The maximum Gasteiger partial charge on any atom is 0.225 e. The van der Waals surface area contributed by atoms with Gasteiger partial charge in [0.1, 0.15) is 5.82 Å². The normalized spacial score (nSPS) is 25.3. The van der Waals surface area contributed by atoms with E-state index in [1.165, 1.54) is 6.07 Å². The van der Waals surface area contributed by atoms with Crippen molar-refractivity contribution < 1.29 is 9.18 Å². The zero-order valence-electron chi connectivity index (χ0n) is 12.2. The Morgan fingerprint density at radius 2 is 1.95 bits per heavy atom. The first kappa shape index (κ1) is 16.2. The fourth-order valence-electron chi connectivity index (χ4n) is 3.43. The molecule has 1 unspecified atom stereocenters. The lowest BCUT2D eigenvalue weighted by atomic mass is 9.99. The van der Waals surface area contributed by atoms with E-state index in [4.69, 9.17) is 0 Å². The minimum Gasteiger partial charge on any atom is -0.342 e. The van der Waals surface area contributed by atoms with Crippen molar-refractivity contribution in [2.24, 2.45) is 17.8 Å². The molecule has 21 heavy (non-hydrogen) atoms. The molecule has 1 amide bonds. The SMILES string of the molecule is CC(Cc1ccccc1F)C(=O)N1C[C@H]2CNC[C@H]2C1.Cl. The van der Waals surface area contributed by atoms with Gasteiger partial charge in [-0.05, 0) is 29.9 Å². The van der Waals surface area contributed by atoms with E-state index in [2.05, 4.69) is 5.32 Å². The van der Waals surface area contributed by atoms with E-state index >= 15 is 0 Å². The molecule has 0 aliphatic carbocycles. The molecule has 1 aromatic carbocycles. The lowest BCUT2D eigenvalue weighted by Gasteiger charge is -2.22. The van der Waals surface area contributed by atoms with Gasteiger partial charge in [-0.1, -0.05) is 25.1 Å². The summed E-state index contributed by atoms with van der Waals surface area (Å²) in [5.41, 5.74) is 0.634. The maximum absolute atomic E-state index is 13.6. The third-order valence-corrected chi connectivity index (χ3v) is 4.61. The Labute approximate surface area is 131 Å². The van der Waals surface area contributed by atoms with Crippen molar-refractivity contribution in [3.8, 4) is 0 Å². The summed E-state index contributed by atoms with van der Waals surface area (Å²) >= 11 is 0. The van der Waals surface area contributed by atoms with Crippen molar-refractivity contribution in [2.45, 2.75) is 13.3 Å². The number of rotatable bonds is 3. The molecular weight excluding hydrogens is 291 g/mol. The van der Waals surface area contributed by atoms with Gasteiger partial charge < -0.3 is 10.2 Å². The van der Waals surface area contributed by atoms with E-state index in [-0.39, 0.29) is 30.0 Å². The molecule has 116 valence electrons. The number of likely N-dealkylation sites (tertiary alicyclic amines) is 1. The number of benzene rings is 1. The molecule has 1 aromatic rings. The summed E-state index contributed by atoms with van der Waals surface area (Å²) in [7, 11) is 0. The van der Waals surface area contributed by atoms with Gasteiger partial charge in [0.25, 0.3) is 0 Å². The van der Waals surface area contributed by atoms with E-state index in [9.17, 15) is 9.18 Å². The zero-order valence-corrected chi connectivity index (χ0v) is 13.0. The van der Waals surface area contributed by atoms with Crippen LogP contribution < -0.4 is 5.32 Å². The van der Waals surface area contributed by atoms with Crippen LogP contribution in [0.3, 0.4) is 0 Å². The third-order valence-electron chi connectivity index (χ3n) is 4.61. The Hall–Kier alpha value is -1.13. The van der Waals surface area contributed by atoms with E-state index in [0.29, 0.717) is 23.8 Å². The first-order chi connectivity index (χ1) is 9.65. The van der Waals surface area contributed by atoms with Crippen LogP contribution in [-0.2, 0) is 11.2 Å². The fourth-order valence-corrected chi connectivity index (χ4v) is 3.43. The van der Waals surface area contributed by atoms with Crippen LogP contribution in [0.5, 0.6) is 0 Å². The van der Waals surface area contributed by atoms with Crippen molar-refractivity contribution in [3.63, 3.8) is 0 Å². The minimum atomic E-state index is -0.213. The van der Waals surface area contributed by atoms with E-state index in [1.54, 1.807) is 12.1 Å². The summed E-state index contributed by atoms with van der Waals surface area (Å²) in [6.45, 7) is 5.67. The van der Waals surface area contributed by atoms with E-state index in [0.717, 1.165) is 26.2 Å². The second-order valence-corrected chi connectivity index (χ2v) is 6.12. The molecule has 0 spiro atoms. The zero-order chi connectivity index (χ0) is 14.1. The molecule has 5 heteroatoms. The van der Waals surface area contributed by atoms with Gasteiger partial charge in [0.15, 0.2) is 0 Å². The molecule has 2 aliphatic heterocycles. The first-order valence-corrected chi connectivity index (χ1v) is 7.38. The lowest BCUT2D eigenvalue weighted by Crippen LogP contribution is -2.36. The first-order valence-electron chi connectivity index (χ1n) is 7.38. The molecule has 2 saturated heterocycles. The number of carbonyl (C=O) groups excluding carboxylic acids is 1. The molecule has 3 nitrogen and oxygen atoms in total. The van der Waals surface area contributed by atoms with Crippen LogP contribution >= 0.6 is 12.4 Å². The standard InChI is InChI=1S/C16H21FN2O.ClH/c1-11(6-12-4-2-3-5-15(12)17)16(20)19-9-13-7-18-8-14(13)10-19;/h2-5,11,13-14,18H,6-10H2,1H3;1H/t11?,13-,14+;. The van der Waals surface area contributed by atoms with Crippen LogP contribution in [0.25, 0.3) is 0 Å². The van der Waals surface area contributed by atoms with Gasteiger partial charge in [-0.2, -0.15) is 0 Å².